The van der Waals surface area contributed by atoms with Crippen molar-refractivity contribution >= 4 is 29.5 Å². The lowest BCUT2D eigenvalue weighted by Crippen LogP contribution is -2.45. The zero-order chi connectivity index (χ0) is 23.5. The maximum atomic E-state index is 12.4. The number of carbonyl (C=O) groups excluding carboxylic acids is 1. The summed E-state index contributed by atoms with van der Waals surface area (Å²) in [6, 6.07) is 16.2. The summed E-state index contributed by atoms with van der Waals surface area (Å²) in [6.45, 7) is 4.79. The van der Waals surface area contributed by atoms with Crippen LogP contribution in [0.5, 0.6) is 0 Å². The molecule has 4 heterocycles. The maximum absolute atomic E-state index is 12.4. The van der Waals surface area contributed by atoms with Crippen molar-refractivity contribution in [2.75, 3.05) is 13.1 Å². The Labute approximate surface area is 206 Å². The molecular weight excluding hydrogens is 468 g/mol. The Morgan fingerprint density at radius 3 is 2.68 bits per heavy atom. The lowest BCUT2D eigenvalue weighted by atomic mass is 10.1. The van der Waals surface area contributed by atoms with E-state index in [4.69, 9.17) is 21.8 Å². The zero-order valence-corrected chi connectivity index (χ0v) is 20.5. The van der Waals surface area contributed by atoms with Gasteiger partial charge in [-0.2, -0.15) is 0 Å². The first-order chi connectivity index (χ1) is 16.6. The molecule has 5 rings (SSSR count). The van der Waals surface area contributed by atoms with Crippen molar-refractivity contribution in [3.63, 3.8) is 0 Å². The number of aromatic nitrogens is 4. The number of benzene rings is 1. The molecule has 1 amide bonds. The van der Waals surface area contributed by atoms with Gasteiger partial charge in [-0.05, 0) is 49.0 Å². The van der Waals surface area contributed by atoms with Gasteiger partial charge >= 0.3 is 0 Å². The van der Waals surface area contributed by atoms with E-state index in [-0.39, 0.29) is 11.9 Å². The van der Waals surface area contributed by atoms with Crippen molar-refractivity contribution < 1.29 is 9.32 Å². The molecule has 0 unspecified atom stereocenters. The van der Waals surface area contributed by atoms with Gasteiger partial charge in [0.05, 0.1) is 18.1 Å². The number of likely N-dealkylation sites (tertiary alicyclic amines) is 1. The Bertz CT molecular complexity index is 1300. The number of hydrogen-bond acceptors (Lipinski definition) is 7. The quantitative estimate of drug-likeness (QED) is 0.385. The van der Waals surface area contributed by atoms with E-state index in [1.165, 1.54) is 5.56 Å². The third-order valence-electron chi connectivity index (χ3n) is 5.97. The predicted octanol–water partition coefficient (Wildman–Crippen LogP) is 4.34. The molecule has 0 radical (unpaired) electrons. The number of aryl methyl sites for hydroxylation is 1. The van der Waals surface area contributed by atoms with E-state index in [1.807, 2.05) is 28.9 Å². The van der Waals surface area contributed by atoms with Gasteiger partial charge in [0, 0.05) is 25.2 Å². The summed E-state index contributed by atoms with van der Waals surface area (Å²) in [7, 11) is 0. The predicted molar refractivity (Wildman–Crippen MR) is 133 cm³/mol. The summed E-state index contributed by atoms with van der Waals surface area (Å²) in [5.41, 5.74) is 1.52. The topological polar surface area (TPSA) is 81.1 Å². The number of thiophene rings is 1. The van der Waals surface area contributed by atoms with Crippen molar-refractivity contribution in [2.45, 2.75) is 39.0 Å². The molecule has 0 atom stereocenters. The summed E-state index contributed by atoms with van der Waals surface area (Å²) < 4.78 is 9.75. The van der Waals surface area contributed by atoms with Gasteiger partial charge in [0.25, 0.3) is 5.91 Å². The normalized spacial score (nSPS) is 15.0. The van der Waals surface area contributed by atoms with E-state index >= 15 is 0 Å². The van der Waals surface area contributed by atoms with Crippen molar-refractivity contribution in [3.05, 3.63) is 75.7 Å². The van der Waals surface area contributed by atoms with Gasteiger partial charge in [-0.25, -0.2) is 4.68 Å². The van der Waals surface area contributed by atoms with Gasteiger partial charge in [0.1, 0.15) is 5.76 Å². The van der Waals surface area contributed by atoms with Gasteiger partial charge in [-0.3, -0.25) is 14.3 Å². The molecule has 4 aromatic rings. The zero-order valence-electron chi connectivity index (χ0n) is 18.9. The average molecular weight is 495 g/mol. The van der Waals surface area contributed by atoms with Gasteiger partial charge in [-0.15, -0.1) is 16.4 Å². The van der Waals surface area contributed by atoms with Crippen LogP contribution in [0, 0.1) is 11.7 Å². The van der Waals surface area contributed by atoms with Crippen LogP contribution in [0.3, 0.4) is 0 Å². The van der Waals surface area contributed by atoms with Crippen molar-refractivity contribution in [1.82, 2.24) is 29.7 Å². The molecule has 8 nitrogen and oxygen atoms in total. The van der Waals surface area contributed by atoms with E-state index in [2.05, 4.69) is 43.5 Å². The fourth-order valence-electron chi connectivity index (χ4n) is 4.17. The van der Waals surface area contributed by atoms with E-state index in [0.29, 0.717) is 29.4 Å². The second-order valence-electron chi connectivity index (χ2n) is 8.48. The Balaban J connectivity index is 1.26. The van der Waals surface area contributed by atoms with Crippen LogP contribution >= 0.6 is 23.6 Å². The molecule has 0 bridgehead atoms. The molecular formula is C24H26N6O2S2. The number of nitrogens with zero attached hydrogens (tertiary/aromatic N) is 5. The summed E-state index contributed by atoms with van der Waals surface area (Å²) in [5, 5.41) is 13.8. The highest BCUT2D eigenvalue weighted by atomic mass is 32.1. The second-order valence-corrected chi connectivity index (χ2v) is 9.80. The lowest BCUT2D eigenvalue weighted by molar-refractivity contribution is 0.0887. The van der Waals surface area contributed by atoms with E-state index in [0.717, 1.165) is 36.6 Å². The second kappa shape index (κ2) is 10.0. The minimum Gasteiger partial charge on any atom is -0.361 e. The van der Waals surface area contributed by atoms with Crippen LogP contribution in [0.2, 0.25) is 0 Å². The first kappa shape index (κ1) is 22.7. The Hall–Kier alpha value is -3.08. The van der Waals surface area contributed by atoms with Crippen LogP contribution in [0.25, 0.3) is 10.7 Å². The Morgan fingerprint density at radius 1 is 1.21 bits per heavy atom. The molecule has 0 aliphatic carbocycles. The number of hydrogen-bond donors (Lipinski definition) is 1. The maximum Gasteiger partial charge on any atom is 0.273 e. The molecule has 1 saturated heterocycles. The van der Waals surface area contributed by atoms with Crippen molar-refractivity contribution in [1.29, 1.82) is 0 Å². The SMILES string of the molecule is Cc1cc(C(=O)NC2CCN(Cn3nc(-c4cccs4)n(Cc4ccccc4)c3=S)CC2)no1. The largest absolute Gasteiger partial charge is 0.361 e. The Morgan fingerprint density at radius 2 is 2.00 bits per heavy atom. The molecule has 1 aromatic carbocycles. The highest BCUT2D eigenvalue weighted by Crippen LogP contribution is 2.25. The first-order valence-electron chi connectivity index (χ1n) is 11.3. The van der Waals surface area contributed by atoms with Crippen LogP contribution in [0.15, 0.2) is 58.4 Å². The monoisotopic (exact) mass is 494 g/mol. The van der Waals surface area contributed by atoms with Crippen molar-refractivity contribution in [2.24, 2.45) is 0 Å². The van der Waals surface area contributed by atoms with E-state index in [1.54, 1.807) is 24.3 Å². The molecule has 34 heavy (non-hydrogen) atoms. The fourth-order valence-corrected chi connectivity index (χ4v) is 5.14. The van der Waals surface area contributed by atoms with Crippen LogP contribution in [-0.2, 0) is 13.2 Å². The molecule has 3 aromatic heterocycles. The number of nitrogens with one attached hydrogen (secondary N) is 1. The molecule has 0 saturated carbocycles. The minimum absolute atomic E-state index is 0.117. The fraction of sp³-hybridized carbons (Fsp3) is 0.333. The summed E-state index contributed by atoms with van der Waals surface area (Å²) in [5.74, 6) is 1.34. The summed E-state index contributed by atoms with van der Waals surface area (Å²) in [6.07, 6.45) is 1.72. The average Bonchev–Trinajstić information content (AvgIpc) is 3.59. The van der Waals surface area contributed by atoms with Gasteiger partial charge in [0.15, 0.2) is 16.3 Å². The van der Waals surface area contributed by atoms with Gasteiger partial charge in [-0.1, -0.05) is 41.6 Å². The summed E-state index contributed by atoms with van der Waals surface area (Å²) >= 11 is 7.53. The standard InChI is InChI=1S/C24H26N6O2S2/c1-17-14-20(27-32-17)23(31)25-19-9-11-28(12-10-19)16-30-24(33)29(15-18-6-3-2-4-7-18)22(26-30)21-8-5-13-34-21/h2-8,13-14,19H,9-12,15-16H2,1H3,(H,25,31). The van der Waals surface area contributed by atoms with Crippen LogP contribution in [0.4, 0.5) is 0 Å². The molecule has 1 N–H and O–H groups in total. The van der Waals surface area contributed by atoms with E-state index < -0.39 is 0 Å². The summed E-state index contributed by atoms with van der Waals surface area (Å²) in [4.78, 5) is 15.8. The molecule has 1 aliphatic heterocycles. The van der Waals surface area contributed by atoms with Gasteiger partial charge in [0.2, 0.25) is 0 Å². The van der Waals surface area contributed by atoms with Crippen molar-refractivity contribution in [3.8, 4) is 10.7 Å². The highest BCUT2D eigenvalue weighted by Gasteiger charge is 2.24. The first-order valence-corrected chi connectivity index (χ1v) is 12.6. The molecule has 0 spiro atoms. The molecule has 1 fully saturated rings. The van der Waals surface area contributed by atoms with Crippen LogP contribution in [0.1, 0.15) is 34.7 Å². The van der Waals surface area contributed by atoms with E-state index in [9.17, 15) is 4.79 Å². The number of piperidine rings is 1. The number of amides is 1. The lowest BCUT2D eigenvalue weighted by Gasteiger charge is -2.31. The minimum atomic E-state index is -0.183. The Kier molecular flexibility index (Phi) is 6.70. The third-order valence-corrected chi connectivity index (χ3v) is 7.26. The molecule has 176 valence electrons. The van der Waals surface area contributed by atoms with Crippen LogP contribution in [-0.4, -0.2) is 49.4 Å². The third kappa shape index (κ3) is 5.03. The molecule has 1 aliphatic rings. The smallest absolute Gasteiger partial charge is 0.273 e. The number of carbonyl (C=O) groups is 1. The highest BCUT2D eigenvalue weighted by molar-refractivity contribution is 7.71. The molecule has 10 heteroatoms. The van der Waals surface area contributed by atoms with Gasteiger partial charge < -0.3 is 9.84 Å². The number of rotatable bonds is 7. The van der Waals surface area contributed by atoms with Crippen LogP contribution < -0.4 is 5.32 Å².